The molecule has 2 aromatic carbocycles. The molecule has 1 fully saturated rings. The zero-order valence-electron chi connectivity index (χ0n) is 14.1. The molecule has 1 aromatic heterocycles. The third kappa shape index (κ3) is 2.69. The van der Waals surface area contributed by atoms with Crippen LogP contribution in [0.15, 0.2) is 47.0 Å². The lowest BCUT2D eigenvalue weighted by Gasteiger charge is -2.16. The van der Waals surface area contributed by atoms with Gasteiger partial charge in [-0.3, -0.25) is 4.79 Å². The summed E-state index contributed by atoms with van der Waals surface area (Å²) < 4.78 is 29.9. The minimum atomic E-state index is -0.422. The van der Waals surface area contributed by atoms with Gasteiger partial charge in [-0.1, -0.05) is 17.3 Å². The molecule has 3 aromatic rings. The van der Waals surface area contributed by atoms with E-state index in [9.17, 15) is 9.18 Å². The average molecular weight is 367 g/mol. The highest BCUT2D eigenvalue weighted by atomic mass is 19.1. The van der Waals surface area contributed by atoms with E-state index in [1.807, 2.05) is 6.07 Å². The van der Waals surface area contributed by atoms with Crippen molar-refractivity contribution in [3.8, 4) is 22.9 Å². The van der Waals surface area contributed by atoms with Crippen molar-refractivity contribution in [1.29, 1.82) is 0 Å². The largest absolute Gasteiger partial charge is 0.454 e. The number of rotatable bonds is 3. The number of amides is 1. The smallest absolute Gasteiger partial charge is 0.232 e. The van der Waals surface area contributed by atoms with E-state index in [-0.39, 0.29) is 36.4 Å². The molecule has 0 spiro atoms. The molecule has 1 atom stereocenters. The first kappa shape index (κ1) is 15.8. The summed E-state index contributed by atoms with van der Waals surface area (Å²) in [4.78, 5) is 18.4. The molecule has 0 aliphatic carbocycles. The number of nitrogens with zero attached hydrogens (tertiary/aromatic N) is 3. The molecule has 7 nitrogen and oxygen atoms in total. The van der Waals surface area contributed by atoms with Crippen LogP contribution in [0.4, 0.5) is 10.1 Å². The number of hydrogen-bond donors (Lipinski definition) is 0. The number of hydrogen-bond acceptors (Lipinski definition) is 6. The Morgan fingerprint density at radius 1 is 1.11 bits per heavy atom. The van der Waals surface area contributed by atoms with E-state index in [0.717, 1.165) is 5.69 Å². The van der Waals surface area contributed by atoms with Crippen LogP contribution in [0.1, 0.15) is 18.2 Å². The number of carbonyl (C=O) groups is 1. The molecule has 0 radical (unpaired) electrons. The van der Waals surface area contributed by atoms with Crippen LogP contribution < -0.4 is 14.4 Å². The Labute approximate surface area is 153 Å². The van der Waals surface area contributed by atoms with E-state index < -0.39 is 5.82 Å². The number of aromatic nitrogens is 2. The van der Waals surface area contributed by atoms with Gasteiger partial charge in [-0.2, -0.15) is 4.98 Å². The van der Waals surface area contributed by atoms with Crippen LogP contribution in [0.3, 0.4) is 0 Å². The van der Waals surface area contributed by atoms with Crippen molar-refractivity contribution in [1.82, 2.24) is 10.1 Å². The predicted molar refractivity (Wildman–Crippen MR) is 92.0 cm³/mol. The van der Waals surface area contributed by atoms with Crippen molar-refractivity contribution in [2.45, 2.75) is 12.3 Å². The second-order valence-corrected chi connectivity index (χ2v) is 6.38. The second-order valence-electron chi connectivity index (χ2n) is 6.38. The summed E-state index contributed by atoms with van der Waals surface area (Å²) in [5.41, 5.74) is 0.991. The summed E-state index contributed by atoms with van der Waals surface area (Å²) in [5.74, 6) is 1.05. The first-order valence-corrected chi connectivity index (χ1v) is 8.47. The summed E-state index contributed by atoms with van der Waals surface area (Å²) in [6, 6.07) is 11.6. The SMILES string of the molecule is O=C1CC(c2nc(-c3ccccc3F)no2)CN1c1ccc2c(c1)OCO2. The fraction of sp³-hybridized carbons (Fsp3) is 0.211. The number of ether oxygens (including phenoxy) is 2. The standard InChI is InChI=1S/C19H14FN3O4/c20-14-4-2-1-3-13(14)18-21-19(27-22-18)11-7-17(24)23(9-11)12-5-6-15-16(8-12)26-10-25-15/h1-6,8,11H,7,9-10H2. The summed E-state index contributed by atoms with van der Waals surface area (Å²) in [6.45, 7) is 0.577. The van der Waals surface area contributed by atoms with Crippen molar-refractivity contribution < 1.29 is 23.2 Å². The Hall–Kier alpha value is -3.42. The maximum atomic E-state index is 13.9. The molecule has 3 heterocycles. The Bertz CT molecular complexity index is 1040. The van der Waals surface area contributed by atoms with E-state index in [1.54, 1.807) is 35.2 Å². The normalized spacial score (nSPS) is 18.3. The highest BCUT2D eigenvalue weighted by Crippen LogP contribution is 2.38. The molecule has 136 valence electrons. The third-order valence-corrected chi connectivity index (χ3v) is 4.70. The van der Waals surface area contributed by atoms with Gasteiger partial charge in [0.1, 0.15) is 5.82 Å². The Morgan fingerprint density at radius 2 is 1.96 bits per heavy atom. The van der Waals surface area contributed by atoms with Crippen LogP contribution in [-0.4, -0.2) is 29.4 Å². The molecule has 0 saturated carbocycles. The fourth-order valence-corrected chi connectivity index (χ4v) is 3.33. The van der Waals surface area contributed by atoms with Crippen LogP contribution in [0.25, 0.3) is 11.4 Å². The van der Waals surface area contributed by atoms with Gasteiger partial charge >= 0.3 is 0 Å². The lowest BCUT2D eigenvalue weighted by Crippen LogP contribution is -2.24. The molecule has 1 amide bonds. The van der Waals surface area contributed by atoms with Crippen LogP contribution in [0.5, 0.6) is 11.5 Å². The van der Waals surface area contributed by atoms with Crippen LogP contribution >= 0.6 is 0 Å². The highest BCUT2D eigenvalue weighted by molar-refractivity contribution is 5.96. The van der Waals surface area contributed by atoms with Gasteiger partial charge in [0, 0.05) is 24.7 Å². The van der Waals surface area contributed by atoms with Gasteiger partial charge in [0.05, 0.1) is 11.5 Å². The summed E-state index contributed by atoms with van der Waals surface area (Å²) in [5, 5.41) is 3.87. The zero-order valence-corrected chi connectivity index (χ0v) is 14.1. The van der Waals surface area contributed by atoms with Crippen molar-refractivity contribution in [3.05, 3.63) is 54.2 Å². The monoisotopic (exact) mass is 367 g/mol. The molecular weight excluding hydrogens is 353 g/mol. The molecule has 0 N–H and O–H groups in total. The summed E-state index contributed by atoms with van der Waals surface area (Å²) in [7, 11) is 0. The fourth-order valence-electron chi connectivity index (χ4n) is 3.33. The second kappa shape index (κ2) is 6.08. The molecule has 27 heavy (non-hydrogen) atoms. The Balaban J connectivity index is 1.39. The third-order valence-electron chi connectivity index (χ3n) is 4.70. The Kier molecular flexibility index (Phi) is 3.56. The van der Waals surface area contributed by atoms with E-state index >= 15 is 0 Å². The number of benzene rings is 2. The highest BCUT2D eigenvalue weighted by Gasteiger charge is 2.36. The zero-order chi connectivity index (χ0) is 18.4. The van der Waals surface area contributed by atoms with E-state index in [0.29, 0.717) is 23.9 Å². The van der Waals surface area contributed by atoms with Gasteiger partial charge in [-0.25, -0.2) is 4.39 Å². The van der Waals surface area contributed by atoms with Crippen molar-refractivity contribution in [3.63, 3.8) is 0 Å². The topological polar surface area (TPSA) is 77.7 Å². The van der Waals surface area contributed by atoms with Crippen molar-refractivity contribution >= 4 is 11.6 Å². The van der Waals surface area contributed by atoms with Crippen LogP contribution in [-0.2, 0) is 4.79 Å². The maximum Gasteiger partial charge on any atom is 0.232 e. The number of anilines is 1. The van der Waals surface area contributed by atoms with Gasteiger partial charge in [-0.15, -0.1) is 0 Å². The first-order valence-electron chi connectivity index (χ1n) is 8.47. The number of halogens is 1. The Morgan fingerprint density at radius 3 is 2.85 bits per heavy atom. The van der Waals surface area contributed by atoms with Crippen LogP contribution in [0.2, 0.25) is 0 Å². The molecule has 1 saturated heterocycles. The van der Waals surface area contributed by atoms with E-state index in [4.69, 9.17) is 14.0 Å². The summed E-state index contributed by atoms with van der Waals surface area (Å²) in [6.07, 6.45) is 0.243. The minimum Gasteiger partial charge on any atom is -0.454 e. The quantitative estimate of drug-likeness (QED) is 0.708. The maximum absolute atomic E-state index is 13.9. The first-order chi connectivity index (χ1) is 13.2. The molecule has 2 aliphatic heterocycles. The van der Waals surface area contributed by atoms with Crippen molar-refractivity contribution in [2.24, 2.45) is 0 Å². The number of fused-ring (bicyclic) bond motifs is 1. The average Bonchev–Trinajstić information content (AvgIpc) is 3.40. The molecule has 2 aliphatic rings. The lowest BCUT2D eigenvalue weighted by molar-refractivity contribution is -0.117. The molecule has 8 heteroatoms. The van der Waals surface area contributed by atoms with E-state index in [2.05, 4.69) is 10.1 Å². The molecule has 5 rings (SSSR count). The minimum absolute atomic E-state index is 0.0514. The van der Waals surface area contributed by atoms with Gasteiger partial charge < -0.3 is 18.9 Å². The van der Waals surface area contributed by atoms with E-state index in [1.165, 1.54) is 6.07 Å². The molecular formula is C19H14FN3O4. The summed E-state index contributed by atoms with van der Waals surface area (Å²) >= 11 is 0. The van der Waals surface area contributed by atoms with Crippen LogP contribution in [0, 0.1) is 5.82 Å². The number of carbonyl (C=O) groups excluding carboxylic acids is 1. The van der Waals surface area contributed by atoms with Gasteiger partial charge in [0.25, 0.3) is 0 Å². The van der Waals surface area contributed by atoms with Gasteiger partial charge in [0.2, 0.25) is 24.4 Å². The predicted octanol–water partition coefficient (Wildman–Crippen LogP) is 3.12. The van der Waals surface area contributed by atoms with Gasteiger partial charge in [-0.05, 0) is 24.3 Å². The molecule has 1 unspecified atom stereocenters. The molecule has 0 bridgehead atoms. The van der Waals surface area contributed by atoms with Crippen molar-refractivity contribution in [2.75, 3.05) is 18.2 Å². The van der Waals surface area contributed by atoms with Gasteiger partial charge in [0.15, 0.2) is 11.5 Å². The lowest BCUT2D eigenvalue weighted by atomic mass is 10.1.